The summed E-state index contributed by atoms with van der Waals surface area (Å²) in [6.45, 7) is 5.20. The summed E-state index contributed by atoms with van der Waals surface area (Å²) in [4.78, 5) is 0. The van der Waals surface area contributed by atoms with E-state index in [2.05, 4.69) is 25.2 Å². The summed E-state index contributed by atoms with van der Waals surface area (Å²) in [5, 5.41) is 3.17. The minimum Gasteiger partial charge on any atom is -0.493 e. The van der Waals surface area contributed by atoms with Gasteiger partial charge in [0.05, 0.1) is 14.2 Å². The first-order valence-electron chi connectivity index (χ1n) is 5.53. The van der Waals surface area contributed by atoms with E-state index in [-0.39, 0.29) is 0 Å². The molecule has 0 radical (unpaired) electrons. The Morgan fingerprint density at radius 1 is 1.12 bits per heavy atom. The fourth-order valence-corrected chi connectivity index (χ4v) is 1.82. The van der Waals surface area contributed by atoms with Crippen LogP contribution >= 0.6 is 0 Å². The molecule has 0 heterocycles. The minimum atomic E-state index is 0.475. The van der Waals surface area contributed by atoms with Crippen molar-refractivity contribution in [1.29, 1.82) is 0 Å². The number of rotatable bonds is 5. The van der Waals surface area contributed by atoms with Gasteiger partial charge in [-0.1, -0.05) is 13.8 Å². The molecule has 0 amide bonds. The van der Waals surface area contributed by atoms with Gasteiger partial charge in [0.1, 0.15) is 0 Å². The number of hydrogen-bond acceptors (Lipinski definition) is 3. The third-order valence-corrected chi connectivity index (χ3v) is 2.63. The van der Waals surface area contributed by atoms with E-state index in [1.54, 1.807) is 14.2 Å². The second-order valence-corrected chi connectivity index (χ2v) is 4.09. The number of ether oxygens (including phenoxy) is 2. The van der Waals surface area contributed by atoms with Crippen molar-refractivity contribution >= 4 is 0 Å². The van der Waals surface area contributed by atoms with Crippen molar-refractivity contribution in [3.8, 4) is 11.5 Å². The molecule has 0 atom stereocenters. The van der Waals surface area contributed by atoms with E-state index in [1.807, 2.05) is 13.1 Å². The van der Waals surface area contributed by atoms with Gasteiger partial charge in [-0.05, 0) is 36.2 Å². The molecule has 0 bridgehead atoms. The highest BCUT2D eigenvalue weighted by Crippen LogP contribution is 2.33. The Hall–Kier alpha value is -1.22. The molecule has 0 unspecified atom stereocenters. The number of methoxy groups -OCH3 is 2. The van der Waals surface area contributed by atoms with E-state index in [9.17, 15) is 0 Å². The van der Waals surface area contributed by atoms with Crippen molar-refractivity contribution in [3.05, 3.63) is 23.3 Å². The van der Waals surface area contributed by atoms with Crippen molar-refractivity contribution in [2.75, 3.05) is 21.3 Å². The normalized spacial score (nSPS) is 10.6. The zero-order chi connectivity index (χ0) is 12.1. The lowest BCUT2D eigenvalue weighted by molar-refractivity contribution is 0.353. The zero-order valence-corrected chi connectivity index (χ0v) is 10.8. The molecule has 1 N–H and O–H groups in total. The van der Waals surface area contributed by atoms with Crippen molar-refractivity contribution < 1.29 is 9.47 Å². The molecule has 0 aromatic heterocycles. The smallest absolute Gasteiger partial charge is 0.161 e. The van der Waals surface area contributed by atoms with E-state index >= 15 is 0 Å². The Morgan fingerprint density at radius 3 is 2.12 bits per heavy atom. The average molecular weight is 223 g/mol. The van der Waals surface area contributed by atoms with Gasteiger partial charge in [-0.15, -0.1) is 0 Å². The van der Waals surface area contributed by atoms with Crippen LogP contribution in [-0.4, -0.2) is 21.3 Å². The first kappa shape index (κ1) is 12.8. The van der Waals surface area contributed by atoms with Gasteiger partial charge in [0.25, 0.3) is 0 Å². The lowest BCUT2D eigenvalue weighted by atomic mass is 9.96. The van der Waals surface area contributed by atoms with Crippen LogP contribution in [0.15, 0.2) is 12.1 Å². The predicted octanol–water partition coefficient (Wildman–Crippen LogP) is 2.55. The van der Waals surface area contributed by atoms with Gasteiger partial charge in [0, 0.05) is 6.54 Å². The highest BCUT2D eigenvalue weighted by Gasteiger charge is 2.12. The van der Waals surface area contributed by atoms with Gasteiger partial charge in [0.15, 0.2) is 11.5 Å². The second-order valence-electron chi connectivity index (χ2n) is 4.09. The molecule has 1 rings (SSSR count). The van der Waals surface area contributed by atoms with E-state index < -0.39 is 0 Å². The third-order valence-electron chi connectivity index (χ3n) is 2.63. The highest BCUT2D eigenvalue weighted by atomic mass is 16.5. The number of benzene rings is 1. The molecular weight excluding hydrogens is 202 g/mol. The minimum absolute atomic E-state index is 0.475. The molecule has 1 aromatic rings. The Morgan fingerprint density at radius 2 is 1.69 bits per heavy atom. The van der Waals surface area contributed by atoms with Gasteiger partial charge < -0.3 is 14.8 Å². The van der Waals surface area contributed by atoms with E-state index in [0.717, 1.165) is 18.0 Å². The van der Waals surface area contributed by atoms with Crippen LogP contribution < -0.4 is 14.8 Å². The predicted molar refractivity (Wildman–Crippen MR) is 66.4 cm³/mol. The second kappa shape index (κ2) is 5.75. The Bertz CT molecular complexity index is 348. The summed E-state index contributed by atoms with van der Waals surface area (Å²) in [5.74, 6) is 2.06. The van der Waals surface area contributed by atoms with Crippen molar-refractivity contribution in [3.63, 3.8) is 0 Å². The Labute approximate surface area is 97.8 Å². The fourth-order valence-electron chi connectivity index (χ4n) is 1.82. The van der Waals surface area contributed by atoms with Crippen LogP contribution in [0, 0.1) is 0 Å². The quantitative estimate of drug-likeness (QED) is 0.832. The van der Waals surface area contributed by atoms with E-state index in [4.69, 9.17) is 9.47 Å². The van der Waals surface area contributed by atoms with Crippen LogP contribution in [0.4, 0.5) is 0 Å². The summed E-state index contributed by atoms with van der Waals surface area (Å²) in [6, 6.07) is 4.11. The summed E-state index contributed by atoms with van der Waals surface area (Å²) in [6.07, 6.45) is 0. The van der Waals surface area contributed by atoms with Crippen LogP contribution in [0.5, 0.6) is 11.5 Å². The largest absolute Gasteiger partial charge is 0.493 e. The van der Waals surface area contributed by atoms with Crippen molar-refractivity contribution in [2.24, 2.45) is 0 Å². The lowest BCUT2D eigenvalue weighted by Crippen LogP contribution is -2.09. The van der Waals surface area contributed by atoms with Gasteiger partial charge in [-0.2, -0.15) is 0 Å². The maximum atomic E-state index is 5.31. The van der Waals surface area contributed by atoms with Crippen LogP contribution in [0.3, 0.4) is 0 Å². The molecule has 0 spiro atoms. The number of hydrogen-bond donors (Lipinski definition) is 1. The average Bonchev–Trinajstić information content (AvgIpc) is 2.28. The zero-order valence-electron chi connectivity index (χ0n) is 10.8. The first-order valence-corrected chi connectivity index (χ1v) is 5.53. The molecule has 16 heavy (non-hydrogen) atoms. The van der Waals surface area contributed by atoms with Gasteiger partial charge in [-0.25, -0.2) is 0 Å². The van der Waals surface area contributed by atoms with Gasteiger partial charge in [-0.3, -0.25) is 0 Å². The molecule has 3 heteroatoms. The molecule has 0 saturated carbocycles. The maximum absolute atomic E-state index is 5.31. The Balaban J connectivity index is 3.23. The van der Waals surface area contributed by atoms with Crippen LogP contribution in [0.2, 0.25) is 0 Å². The molecular formula is C13H21NO2. The molecule has 0 aliphatic rings. The van der Waals surface area contributed by atoms with Crippen LogP contribution in [-0.2, 0) is 6.54 Å². The van der Waals surface area contributed by atoms with E-state index in [1.165, 1.54) is 11.1 Å². The standard InChI is InChI=1S/C13H21NO2/c1-9(2)11-7-13(16-5)12(15-4)6-10(11)8-14-3/h6-7,9,14H,8H2,1-5H3. The Kier molecular flexibility index (Phi) is 4.62. The fraction of sp³-hybridized carbons (Fsp3) is 0.538. The summed E-state index contributed by atoms with van der Waals surface area (Å²) in [7, 11) is 5.27. The topological polar surface area (TPSA) is 30.5 Å². The van der Waals surface area contributed by atoms with E-state index in [0.29, 0.717) is 5.92 Å². The van der Waals surface area contributed by atoms with Crippen molar-refractivity contribution in [2.45, 2.75) is 26.3 Å². The van der Waals surface area contributed by atoms with Crippen LogP contribution in [0.1, 0.15) is 30.9 Å². The number of nitrogens with one attached hydrogen (secondary N) is 1. The third kappa shape index (κ3) is 2.67. The monoisotopic (exact) mass is 223 g/mol. The molecule has 90 valence electrons. The molecule has 0 saturated heterocycles. The summed E-state index contributed by atoms with van der Waals surface area (Å²) < 4.78 is 10.6. The van der Waals surface area contributed by atoms with Gasteiger partial charge in [0.2, 0.25) is 0 Å². The highest BCUT2D eigenvalue weighted by molar-refractivity contribution is 5.48. The van der Waals surface area contributed by atoms with Crippen molar-refractivity contribution in [1.82, 2.24) is 5.32 Å². The van der Waals surface area contributed by atoms with Gasteiger partial charge >= 0.3 is 0 Å². The maximum Gasteiger partial charge on any atom is 0.161 e. The summed E-state index contributed by atoms with van der Waals surface area (Å²) in [5.41, 5.74) is 2.56. The molecule has 0 aliphatic heterocycles. The van der Waals surface area contributed by atoms with Crippen LogP contribution in [0.25, 0.3) is 0 Å². The SMILES string of the molecule is CNCc1cc(OC)c(OC)cc1C(C)C. The molecule has 1 aromatic carbocycles. The lowest BCUT2D eigenvalue weighted by Gasteiger charge is -2.17. The first-order chi connectivity index (χ1) is 7.63. The molecule has 0 fully saturated rings. The molecule has 3 nitrogen and oxygen atoms in total. The summed E-state index contributed by atoms with van der Waals surface area (Å²) >= 11 is 0. The molecule has 0 aliphatic carbocycles.